The van der Waals surface area contributed by atoms with E-state index in [0.717, 1.165) is 0 Å². The fraction of sp³-hybridized carbons (Fsp3) is 0.800. The van der Waals surface area contributed by atoms with Crippen LogP contribution in [0.4, 0.5) is 4.79 Å². The van der Waals surface area contributed by atoms with Gasteiger partial charge < -0.3 is 15.7 Å². The van der Waals surface area contributed by atoms with Crippen molar-refractivity contribution in [2.45, 2.75) is 26.2 Å². The first-order valence-electron chi connectivity index (χ1n) is 5.64. The number of hydrogen-bond acceptors (Lipinski definition) is 3. The molecule has 3 N–H and O–H groups in total. The van der Waals surface area contributed by atoms with Gasteiger partial charge in [0.25, 0.3) is 0 Å². The smallest absolute Gasteiger partial charge is 0.314 e. The van der Waals surface area contributed by atoms with Gasteiger partial charge in [-0.25, -0.2) is 4.79 Å². The van der Waals surface area contributed by atoms with Crippen LogP contribution in [0.2, 0.25) is 0 Å². The van der Waals surface area contributed by atoms with Gasteiger partial charge in [0.15, 0.2) is 0 Å². The molecule has 0 radical (unpaired) electrons. The van der Waals surface area contributed by atoms with E-state index < -0.39 is 16.8 Å². The van der Waals surface area contributed by atoms with Crippen LogP contribution in [-0.4, -0.2) is 45.9 Å². The van der Waals surface area contributed by atoms with Crippen molar-refractivity contribution in [3.05, 3.63) is 0 Å². The third kappa shape index (κ3) is 11.2. The van der Waals surface area contributed by atoms with E-state index in [9.17, 15) is 13.8 Å². The SMILES string of the molecule is CCS(=O)CCNC(=O)NCCCCC(=O)O. The van der Waals surface area contributed by atoms with Crippen molar-refractivity contribution in [3.8, 4) is 0 Å². The molecule has 0 heterocycles. The van der Waals surface area contributed by atoms with E-state index in [-0.39, 0.29) is 12.5 Å². The van der Waals surface area contributed by atoms with Crippen molar-refractivity contribution < 1.29 is 18.9 Å². The van der Waals surface area contributed by atoms with Crippen LogP contribution < -0.4 is 10.6 Å². The minimum Gasteiger partial charge on any atom is -0.481 e. The van der Waals surface area contributed by atoms with Crippen molar-refractivity contribution in [3.63, 3.8) is 0 Å². The second-order valence-corrected chi connectivity index (χ2v) is 5.33. The second kappa shape index (κ2) is 10.1. The summed E-state index contributed by atoms with van der Waals surface area (Å²) in [5.41, 5.74) is 0. The van der Waals surface area contributed by atoms with E-state index in [1.165, 1.54) is 0 Å². The highest BCUT2D eigenvalue weighted by atomic mass is 32.2. The normalized spacial score (nSPS) is 11.8. The molecule has 1 atom stereocenters. The first kappa shape index (κ1) is 15.9. The van der Waals surface area contributed by atoms with Crippen molar-refractivity contribution in [2.24, 2.45) is 0 Å². The zero-order chi connectivity index (χ0) is 13.1. The largest absolute Gasteiger partial charge is 0.481 e. The number of carboxylic acid groups (broad SMARTS) is 1. The Morgan fingerprint density at radius 3 is 2.41 bits per heavy atom. The Labute approximate surface area is 104 Å². The summed E-state index contributed by atoms with van der Waals surface area (Å²) in [7, 11) is -0.865. The van der Waals surface area contributed by atoms with E-state index >= 15 is 0 Å². The molecule has 0 saturated heterocycles. The zero-order valence-electron chi connectivity index (χ0n) is 10.0. The zero-order valence-corrected chi connectivity index (χ0v) is 10.8. The molecule has 1 unspecified atom stereocenters. The Morgan fingerprint density at radius 1 is 1.18 bits per heavy atom. The minimum absolute atomic E-state index is 0.124. The van der Waals surface area contributed by atoms with E-state index in [4.69, 9.17) is 5.11 Å². The number of amides is 2. The van der Waals surface area contributed by atoms with Crippen molar-refractivity contribution in [2.75, 3.05) is 24.6 Å². The molecular formula is C10H20N2O4S. The summed E-state index contributed by atoms with van der Waals surface area (Å²) in [6.45, 7) is 2.68. The van der Waals surface area contributed by atoms with E-state index in [1.54, 1.807) is 0 Å². The van der Waals surface area contributed by atoms with Gasteiger partial charge in [0.2, 0.25) is 0 Å². The first-order chi connectivity index (χ1) is 8.06. The average Bonchev–Trinajstić information content (AvgIpc) is 2.27. The number of nitrogens with one attached hydrogen (secondary N) is 2. The standard InChI is InChI=1S/C10H20N2O4S/c1-2-17(16)8-7-12-10(15)11-6-4-3-5-9(13)14/h2-8H2,1H3,(H,13,14)(H2,11,12,15). The molecule has 0 aromatic carbocycles. The summed E-state index contributed by atoms with van der Waals surface area (Å²) in [6.07, 6.45) is 1.31. The molecule has 7 heteroatoms. The molecule has 0 rings (SSSR count). The van der Waals surface area contributed by atoms with E-state index in [1.807, 2.05) is 6.92 Å². The number of hydrogen-bond donors (Lipinski definition) is 3. The van der Waals surface area contributed by atoms with Gasteiger partial charge in [-0.2, -0.15) is 0 Å². The molecule has 0 spiro atoms. The molecule has 0 bridgehead atoms. The van der Waals surface area contributed by atoms with Crippen molar-refractivity contribution in [1.29, 1.82) is 0 Å². The number of aliphatic carboxylic acids is 1. The summed E-state index contributed by atoms with van der Waals surface area (Å²) in [5, 5.41) is 13.6. The number of carbonyl (C=O) groups excluding carboxylic acids is 1. The number of rotatable bonds is 9. The Hall–Kier alpha value is -1.11. The maximum Gasteiger partial charge on any atom is 0.314 e. The summed E-state index contributed by atoms with van der Waals surface area (Å²) < 4.78 is 11.0. The van der Waals surface area contributed by atoms with Crippen molar-refractivity contribution in [1.82, 2.24) is 10.6 Å². The second-order valence-electron chi connectivity index (χ2n) is 3.47. The molecule has 0 saturated carbocycles. The maximum atomic E-state index is 11.2. The average molecular weight is 264 g/mol. The number of carboxylic acids is 1. The molecule has 0 fully saturated rings. The monoisotopic (exact) mass is 264 g/mol. The number of urea groups is 1. The van der Waals surface area contributed by atoms with Crippen LogP contribution in [0.5, 0.6) is 0 Å². The first-order valence-corrected chi connectivity index (χ1v) is 7.13. The third-order valence-corrected chi connectivity index (χ3v) is 3.34. The molecular weight excluding hydrogens is 244 g/mol. The van der Waals surface area contributed by atoms with Crippen LogP contribution in [0, 0.1) is 0 Å². The molecule has 2 amide bonds. The molecule has 100 valence electrons. The van der Waals surface area contributed by atoms with Gasteiger partial charge in [0.05, 0.1) is 0 Å². The lowest BCUT2D eigenvalue weighted by Crippen LogP contribution is -2.38. The fourth-order valence-corrected chi connectivity index (χ4v) is 1.71. The van der Waals surface area contributed by atoms with Crippen LogP contribution in [0.1, 0.15) is 26.2 Å². The van der Waals surface area contributed by atoms with Gasteiger partial charge in [-0.3, -0.25) is 9.00 Å². The topological polar surface area (TPSA) is 95.5 Å². The predicted octanol–water partition coefficient (Wildman–Crippen LogP) is 0.309. The number of unbranched alkanes of at least 4 members (excludes halogenated alkanes) is 1. The fourth-order valence-electron chi connectivity index (χ4n) is 1.09. The Balaban J connectivity index is 3.35. The van der Waals surface area contributed by atoms with Crippen LogP contribution in [-0.2, 0) is 15.6 Å². The summed E-state index contributed by atoms with van der Waals surface area (Å²) in [5.74, 6) is 0.234. The van der Waals surface area contributed by atoms with Gasteiger partial charge in [-0.05, 0) is 12.8 Å². The Bertz CT molecular complexity index is 271. The van der Waals surface area contributed by atoms with Gasteiger partial charge in [0, 0.05) is 41.8 Å². The molecule has 0 aliphatic rings. The third-order valence-electron chi connectivity index (χ3n) is 2.04. The lowest BCUT2D eigenvalue weighted by molar-refractivity contribution is -0.137. The molecule has 6 nitrogen and oxygen atoms in total. The van der Waals surface area contributed by atoms with Crippen LogP contribution in [0.25, 0.3) is 0 Å². The van der Waals surface area contributed by atoms with Gasteiger partial charge >= 0.3 is 12.0 Å². The van der Waals surface area contributed by atoms with Gasteiger partial charge in [0.1, 0.15) is 0 Å². The highest BCUT2D eigenvalue weighted by Gasteiger charge is 2.01. The van der Waals surface area contributed by atoms with E-state index in [2.05, 4.69) is 10.6 Å². The quantitative estimate of drug-likeness (QED) is 0.522. The predicted molar refractivity (Wildman–Crippen MR) is 66.4 cm³/mol. The van der Waals surface area contributed by atoms with Crippen LogP contribution >= 0.6 is 0 Å². The Morgan fingerprint density at radius 2 is 1.82 bits per heavy atom. The maximum absolute atomic E-state index is 11.2. The molecule has 0 aliphatic heterocycles. The van der Waals surface area contributed by atoms with E-state index in [0.29, 0.717) is 37.4 Å². The van der Waals surface area contributed by atoms with Crippen LogP contribution in [0.15, 0.2) is 0 Å². The molecule has 17 heavy (non-hydrogen) atoms. The minimum atomic E-state index is -0.865. The highest BCUT2D eigenvalue weighted by Crippen LogP contribution is 1.93. The van der Waals surface area contributed by atoms with Crippen LogP contribution in [0.3, 0.4) is 0 Å². The van der Waals surface area contributed by atoms with Gasteiger partial charge in [-0.1, -0.05) is 6.92 Å². The summed E-state index contributed by atoms with van der Waals surface area (Å²) >= 11 is 0. The number of carbonyl (C=O) groups is 2. The molecule has 0 aliphatic carbocycles. The molecule has 0 aromatic heterocycles. The lowest BCUT2D eigenvalue weighted by Gasteiger charge is -2.06. The summed E-state index contributed by atoms with van der Waals surface area (Å²) in [4.78, 5) is 21.4. The molecule has 0 aromatic rings. The lowest BCUT2D eigenvalue weighted by atomic mass is 10.2. The highest BCUT2D eigenvalue weighted by molar-refractivity contribution is 7.84. The summed E-state index contributed by atoms with van der Waals surface area (Å²) in [6, 6.07) is -0.298. The Kier molecular flexibility index (Phi) is 9.41. The van der Waals surface area contributed by atoms with Gasteiger partial charge in [-0.15, -0.1) is 0 Å². The van der Waals surface area contributed by atoms with Crippen molar-refractivity contribution >= 4 is 22.8 Å².